The summed E-state index contributed by atoms with van der Waals surface area (Å²) in [4.78, 5) is 16.3. The summed E-state index contributed by atoms with van der Waals surface area (Å²) in [5, 5.41) is 14.0. The van der Waals surface area contributed by atoms with Crippen molar-refractivity contribution in [3.8, 4) is 0 Å². The van der Waals surface area contributed by atoms with Gasteiger partial charge in [-0.3, -0.25) is 15.1 Å². The van der Waals surface area contributed by atoms with Gasteiger partial charge in [0.15, 0.2) is 0 Å². The highest BCUT2D eigenvalue weighted by molar-refractivity contribution is 5.60. The Morgan fingerprint density at radius 2 is 2.50 bits per heavy atom. The SMILES string of the molecule is CN1CCC(Nc2ccncc2[N+](=O)[O-])C1. The molecule has 86 valence electrons. The maximum absolute atomic E-state index is 10.8. The number of likely N-dealkylation sites (N-methyl/N-ethyl adjacent to an activating group) is 1. The van der Waals surface area contributed by atoms with Crippen molar-refractivity contribution in [1.82, 2.24) is 9.88 Å². The fourth-order valence-corrected chi connectivity index (χ4v) is 1.93. The van der Waals surface area contributed by atoms with E-state index in [9.17, 15) is 10.1 Å². The monoisotopic (exact) mass is 222 g/mol. The molecule has 1 fully saturated rings. The van der Waals surface area contributed by atoms with E-state index in [1.54, 1.807) is 12.3 Å². The number of aromatic nitrogens is 1. The number of hydrogen-bond donors (Lipinski definition) is 1. The molecule has 1 aliphatic heterocycles. The Hall–Kier alpha value is -1.69. The van der Waals surface area contributed by atoms with E-state index < -0.39 is 4.92 Å². The van der Waals surface area contributed by atoms with Crippen LogP contribution in [0, 0.1) is 10.1 Å². The van der Waals surface area contributed by atoms with Crippen molar-refractivity contribution >= 4 is 11.4 Å². The van der Waals surface area contributed by atoms with Crippen LogP contribution in [0.3, 0.4) is 0 Å². The van der Waals surface area contributed by atoms with Gasteiger partial charge in [-0.2, -0.15) is 0 Å². The fraction of sp³-hybridized carbons (Fsp3) is 0.500. The molecule has 0 radical (unpaired) electrons. The molecule has 6 heteroatoms. The van der Waals surface area contributed by atoms with E-state index in [0.29, 0.717) is 5.69 Å². The lowest BCUT2D eigenvalue weighted by Crippen LogP contribution is -2.23. The molecule has 0 bridgehead atoms. The summed E-state index contributed by atoms with van der Waals surface area (Å²) in [7, 11) is 2.04. The number of nitrogens with one attached hydrogen (secondary N) is 1. The molecular weight excluding hydrogens is 208 g/mol. The largest absolute Gasteiger partial charge is 0.375 e. The molecule has 1 aromatic heterocycles. The first kappa shape index (κ1) is 10.8. The van der Waals surface area contributed by atoms with E-state index in [1.807, 2.05) is 7.05 Å². The van der Waals surface area contributed by atoms with Gasteiger partial charge in [0.05, 0.1) is 4.92 Å². The number of nitrogens with zero attached hydrogens (tertiary/aromatic N) is 3. The summed E-state index contributed by atoms with van der Waals surface area (Å²) >= 11 is 0. The molecule has 6 nitrogen and oxygen atoms in total. The van der Waals surface area contributed by atoms with Gasteiger partial charge in [-0.05, 0) is 26.1 Å². The first-order valence-corrected chi connectivity index (χ1v) is 5.20. The van der Waals surface area contributed by atoms with E-state index in [-0.39, 0.29) is 11.7 Å². The first-order valence-electron chi connectivity index (χ1n) is 5.20. The van der Waals surface area contributed by atoms with Gasteiger partial charge >= 0.3 is 5.69 Å². The molecule has 1 unspecified atom stereocenters. The van der Waals surface area contributed by atoms with Gasteiger partial charge < -0.3 is 10.2 Å². The third kappa shape index (κ3) is 2.27. The average molecular weight is 222 g/mol. The summed E-state index contributed by atoms with van der Waals surface area (Å²) < 4.78 is 0. The van der Waals surface area contributed by atoms with E-state index in [2.05, 4.69) is 15.2 Å². The summed E-state index contributed by atoms with van der Waals surface area (Å²) in [6.07, 6.45) is 3.85. The lowest BCUT2D eigenvalue weighted by atomic mass is 10.2. The van der Waals surface area contributed by atoms with Crippen LogP contribution in [-0.4, -0.2) is 41.0 Å². The molecule has 0 aliphatic carbocycles. The predicted molar refractivity (Wildman–Crippen MR) is 60.4 cm³/mol. The highest BCUT2D eigenvalue weighted by Gasteiger charge is 2.22. The van der Waals surface area contributed by atoms with Crippen LogP contribution in [0.25, 0.3) is 0 Å². The Bertz CT molecular complexity index is 396. The first-order chi connectivity index (χ1) is 7.66. The van der Waals surface area contributed by atoms with Crippen LogP contribution in [-0.2, 0) is 0 Å². The van der Waals surface area contributed by atoms with Crippen LogP contribution in [0.2, 0.25) is 0 Å². The van der Waals surface area contributed by atoms with Crippen molar-refractivity contribution in [2.45, 2.75) is 12.5 Å². The minimum Gasteiger partial charge on any atom is -0.375 e. The van der Waals surface area contributed by atoms with Gasteiger partial charge in [-0.1, -0.05) is 0 Å². The van der Waals surface area contributed by atoms with Gasteiger partial charge in [-0.15, -0.1) is 0 Å². The Balaban J connectivity index is 2.12. The quantitative estimate of drug-likeness (QED) is 0.612. The standard InChI is InChI=1S/C10H14N4O2/c1-13-5-3-8(7-13)12-9-2-4-11-6-10(9)14(15)16/h2,4,6,8H,3,5,7H2,1H3,(H,11,12). The normalized spacial score (nSPS) is 20.9. The molecule has 1 saturated heterocycles. The highest BCUT2D eigenvalue weighted by atomic mass is 16.6. The Morgan fingerprint density at radius 1 is 1.69 bits per heavy atom. The third-order valence-electron chi connectivity index (χ3n) is 2.75. The molecule has 0 amide bonds. The van der Waals surface area contributed by atoms with E-state index in [4.69, 9.17) is 0 Å². The second kappa shape index (κ2) is 4.44. The summed E-state index contributed by atoms with van der Waals surface area (Å²) in [5.41, 5.74) is 0.595. The molecular formula is C10H14N4O2. The number of rotatable bonds is 3. The van der Waals surface area contributed by atoms with Crippen LogP contribution in [0.4, 0.5) is 11.4 Å². The van der Waals surface area contributed by atoms with Gasteiger partial charge in [0.25, 0.3) is 0 Å². The molecule has 1 atom stereocenters. The van der Waals surface area contributed by atoms with Crippen LogP contribution in [0.15, 0.2) is 18.5 Å². The lowest BCUT2D eigenvalue weighted by molar-refractivity contribution is -0.384. The van der Waals surface area contributed by atoms with Gasteiger partial charge in [0, 0.05) is 18.8 Å². The highest BCUT2D eigenvalue weighted by Crippen LogP contribution is 2.24. The Kier molecular flexibility index (Phi) is 3.00. The number of pyridine rings is 1. The summed E-state index contributed by atoms with van der Waals surface area (Å²) in [5.74, 6) is 0. The van der Waals surface area contributed by atoms with E-state index in [0.717, 1.165) is 19.5 Å². The zero-order valence-electron chi connectivity index (χ0n) is 9.09. The number of hydrogen-bond acceptors (Lipinski definition) is 5. The predicted octanol–water partition coefficient (Wildman–Crippen LogP) is 1.11. The molecule has 1 aromatic rings. The minimum absolute atomic E-state index is 0.0389. The maximum atomic E-state index is 10.8. The van der Waals surface area contributed by atoms with Crippen molar-refractivity contribution in [3.63, 3.8) is 0 Å². The second-order valence-electron chi connectivity index (χ2n) is 4.04. The summed E-state index contributed by atoms with van der Waals surface area (Å²) in [6, 6.07) is 1.93. The van der Waals surface area contributed by atoms with Gasteiger partial charge in [-0.25, -0.2) is 0 Å². The van der Waals surface area contributed by atoms with Crippen molar-refractivity contribution in [2.75, 3.05) is 25.5 Å². The zero-order chi connectivity index (χ0) is 11.5. The van der Waals surface area contributed by atoms with Crippen LogP contribution in [0.1, 0.15) is 6.42 Å². The molecule has 0 aromatic carbocycles. The van der Waals surface area contributed by atoms with Crippen LogP contribution in [0.5, 0.6) is 0 Å². The maximum Gasteiger partial charge on any atom is 0.310 e. The lowest BCUT2D eigenvalue weighted by Gasteiger charge is -2.13. The fourth-order valence-electron chi connectivity index (χ4n) is 1.93. The number of anilines is 1. The van der Waals surface area contributed by atoms with Gasteiger partial charge in [0.2, 0.25) is 0 Å². The molecule has 0 spiro atoms. The zero-order valence-corrected chi connectivity index (χ0v) is 9.09. The van der Waals surface area contributed by atoms with Crippen molar-refractivity contribution in [1.29, 1.82) is 0 Å². The van der Waals surface area contributed by atoms with Crippen molar-refractivity contribution in [2.24, 2.45) is 0 Å². The minimum atomic E-state index is -0.409. The molecule has 1 N–H and O–H groups in total. The molecule has 0 saturated carbocycles. The molecule has 16 heavy (non-hydrogen) atoms. The summed E-state index contributed by atoms with van der Waals surface area (Å²) in [6.45, 7) is 1.94. The van der Waals surface area contributed by atoms with Crippen molar-refractivity contribution in [3.05, 3.63) is 28.6 Å². The third-order valence-corrected chi connectivity index (χ3v) is 2.75. The smallest absolute Gasteiger partial charge is 0.310 e. The molecule has 2 heterocycles. The second-order valence-corrected chi connectivity index (χ2v) is 4.04. The van der Waals surface area contributed by atoms with Crippen LogP contribution < -0.4 is 5.32 Å². The molecule has 1 aliphatic rings. The molecule has 2 rings (SSSR count). The van der Waals surface area contributed by atoms with E-state index in [1.165, 1.54) is 6.20 Å². The van der Waals surface area contributed by atoms with Crippen LogP contribution >= 0.6 is 0 Å². The van der Waals surface area contributed by atoms with Gasteiger partial charge in [0.1, 0.15) is 11.9 Å². The number of nitro groups is 1. The average Bonchev–Trinajstić information content (AvgIpc) is 2.64. The Labute approximate surface area is 93.4 Å². The van der Waals surface area contributed by atoms with Crippen molar-refractivity contribution < 1.29 is 4.92 Å². The van der Waals surface area contributed by atoms with E-state index >= 15 is 0 Å². The Morgan fingerprint density at radius 3 is 3.12 bits per heavy atom. The number of likely N-dealkylation sites (tertiary alicyclic amines) is 1. The topological polar surface area (TPSA) is 71.3 Å².